The van der Waals surface area contributed by atoms with Crippen LogP contribution in [-0.4, -0.2) is 0 Å². The summed E-state index contributed by atoms with van der Waals surface area (Å²) in [6.07, 6.45) is 0. The molecule has 0 aromatic heterocycles. The first kappa shape index (κ1) is 14.7. The van der Waals surface area contributed by atoms with Crippen LogP contribution in [0, 0.1) is 5.82 Å². The van der Waals surface area contributed by atoms with E-state index >= 15 is 0 Å². The SMILES string of the molecule is Fc1ccc(C(Br)c2cc(Br)ccc2Br)c(Br)c1. The predicted molar refractivity (Wildman–Crippen MR) is 86.7 cm³/mol. The quantitative estimate of drug-likeness (QED) is 0.407. The highest BCUT2D eigenvalue weighted by Gasteiger charge is 2.16. The average molecular weight is 502 g/mol. The molecule has 0 N–H and O–H groups in total. The second-order valence-electron chi connectivity index (χ2n) is 3.69. The molecule has 0 fully saturated rings. The van der Waals surface area contributed by atoms with Crippen LogP contribution in [0.3, 0.4) is 0 Å². The van der Waals surface area contributed by atoms with Crippen LogP contribution < -0.4 is 0 Å². The zero-order valence-corrected chi connectivity index (χ0v) is 15.3. The molecule has 0 radical (unpaired) electrons. The summed E-state index contributed by atoms with van der Waals surface area (Å²) in [4.78, 5) is -0.0145. The predicted octanol–water partition coefficient (Wildman–Crippen LogP) is 6.60. The molecule has 0 bridgehead atoms. The Morgan fingerprint density at radius 1 is 0.833 bits per heavy atom. The van der Waals surface area contributed by atoms with Crippen molar-refractivity contribution in [2.45, 2.75) is 4.83 Å². The zero-order valence-electron chi connectivity index (χ0n) is 8.93. The van der Waals surface area contributed by atoms with Crippen molar-refractivity contribution in [1.82, 2.24) is 0 Å². The summed E-state index contributed by atoms with van der Waals surface area (Å²) < 4.78 is 15.8. The van der Waals surface area contributed by atoms with Gasteiger partial charge in [0, 0.05) is 13.4 Å². The second-order valence-corrected chi connectivity index (χ2v) is 7.23. The first-order valence-corrected chi connectivity index (χ1v) is 8.32. The van der Waals surface area contributed by atoms with Gasteiger partial charge in [0.2, 0.25) is 0 Å². The molecule has 0 saturated carbocycles. The molecule has 5 heteroatoms. The van der Waals surface area contributed by atoms with E-state index in [1.54, 1.807) is 6.07 Å². The van der Waals surface area contributed by atoms with Gasteiger partial charge < -0.3 is 0 Å². The molecule has 2 aromatic rings. The smallest absolute Gasteiger partial charge is 0.124 e. The molecule has 0 aliphatic rings. The van der Waals surface area contributed by atoms with Crippen LogP contribution >= 0.6 is 63.7 Å². The summed E-state index contributed by atoms with van der Waals surface area (Å²) in [5, 5.41) is 0. The minimum absolute atomic E-state index is 0.0145. The van der Waals surface area contributed by atoms with Gasteiger partial charge >= 0.3 is 0 Å². The molecule has 0 aliphatic heterocycles. The Labute approximate surface area is 138 Å². The van der Waals surface area contributed by atoms with Crippen molar-refractivity contribution in [2.75, 3.05) is 0 Å². The van der Waals surface area contributed by atoms with Crippen molar-refractivity contribution in [1.29, 1.82) is 0 Å². The normalized spacial score (nSPS) is 12.5. The van der Waals surface area contributed by atoms with Gasteiger partial charge in [0.05, 0.1) is 4.83 Å². The summed E-state index contributed by atoms with van der Waals surface area (Å²) in [5.41, 5.74) is 2.06. The third-order valence-electron chi connectivity index (χ3n) is 2.47. The molecule has 0 heterocycles. The highest BCUT2D eigenvalue weighted by Crippen LogP contribution is 2.39. The second kappa shape index (κ2) is 6.16. The Morgan fingerprint density at radius 2 is 1.56 bits per heavy atom. The van der Waals surface area contributed by atoms with Crippen molar-refractivity contribution in [2.24, 2.45) is 0 Å². The van der Waals surface area contributed by atoms with Gasteiger partial charge in [-0.25, -0.2) is 4.39 Å². The van der Waals surface area contributed by atoms with E-state index in [-0.39, 0.29) is 10.6 Å². The molecule has 1 atom stereocenters. The molecule has 2 rings (SSSR count). The van der Waals surface area contributed by atoms with Gasteiger partial charge in [-0.2, -0.15) is 0 Å². The number of hydrogen-bond donors (Lipinski definition) is 0. The number of alkyl halides is 1. The number of hydrogen-bond acceptors (Lipinski definition) is 0. The molecular weight excluding hydrogens is 495 g/mol. The Kier molecular flexibility index (Phi) is 5.03. The Morgan fingerprint density at radius 3 is 2.22 bits per heavy atom. The van der Waals surface area contributed by atoms with Crippen molar-refractivity contribution < 1.29 is 4.39 Å². The number of benzene rings is 2. The van der Waals surface area contributed by atoms with Crippen molar-refractivity contribution in [3.05, 3.63) is 66.8 Å². The largest absolute Gasteiger partial charge is 0.207 e. The van der Waals surface area contributed by atoms with E-state index in [4.69, 9.17) is 0 Å². The third-order valence-corrected chi connectivity index (χ3v) is 5.36. The monoisotopic (exact) mass is 498 g/mol. The molecule has 0 nitrogen and oxygen atoms in total. The standard InChI is InChI=1S/C13H7Br4F/c14-7-1-4-11(15)10(5-7)13(17)9-3-2-8(18)6-12(9)16/h1-6,13H. The maximum Gasteiger partial charge on any atom is 0.124 e. The summed E-state index contributed by atoms with van der Waals surface area (Å²) in [5.74, 6) is -0.251. The van der Waals surface area contributed by atoms with Crippen LogP contribution in [0.1, 0.15) is 16.0 Å². The lowest BCUT2D eigenvalue weighted by Crippen LogP contribution is -1.96. The minimum atomic E-state index is -0.251. The molecule has 1 unspecified atom stereocenters. The Bertz CT molecular complexity index is 583. The van der Waals surface area contributed by atoms with Gasteiger partial charge in [0.15, 0.2) is 0 Å². The van der Waals surface area contributed by atoms with Gasteiger partial charge in [-0.15, -0.1) is 0 Å². The lowest BCUT2D eigenvalue weighted by Gasteiger charge is -2.15. The van der Waals surface area contributed by atoms with Gasteiger partial charge in [0.25, 0.3) is 0 Å². The summed E-state index contributed by atoms with van der Waals surface area (Å²) in [7, 11) is 0. The number of rotatable bonds is 2. The first-order chi connectivity index (χ1) is 8.49. The maximum absolute atomic E-state index is 13.1. The van der Waals surface area contributed by atoms with Gasteiger partial charge in [-0.1, -0.05) is 69.8 Å². The van der Waals surface area contributed by atoms with E-state index in [1.807, 2.05) is 18.2 Å². The summed E-state index contributed by atoms with van der Waals surface area (Å²) in [6, 6.07) is 10.7. The summed E-state index contributed by atoms with van der Waals surface area (Å²) in [6.45, 7) is 0. The maximum atomic E-state index is 13.1. The van der Waals surface area contributed by atoms with Crippen LogP contribution in [0.15, 0.2) is 49.8 Å². The fourth-order valence-corrected chi connectivity index (χ4v) is 4.41. The molecule has 0 saturated heterocycles. The number of halogens is 5. The topological polar surface area (TPSA) is 0 Å². The Hall–Kier alpha value is 0.290. The van der Waals surface area contributed by atoms with E-state index in [2.05, 4.69) is 63.7 Å². The molecule has 2 aromatic carbocycles. The fourth-order valence-electron chi connectivity index (χ4n) is 1.58. The highest BCUT2D eigenvalue weighted by atomic mass is 79.9. The van der Waals surface area contributed by atoms with Crippen LogP contribution in [0.25, 0.3) is 0 Å². The molecular formula is C13H7Br4F. The van der Waals surface area contributed by atoms with Gasteiger partial charge in [0.1, 0.15) is 5.82 Å². The van der Waals surface area contributed by atoms with E-state index in [0.29, 0.717) is 0 Å². The van der Waals surface area contributed by atoms with E-state index < -0.39 is 0 Å². The van der Waals surface area contributed by atoms with E-state index in [0.717, 1.165) is 24.5 Å². The van der Waals surface area contributed by atoms with Crippen LogP contribution in [-0.2, 0) is 0 Å². The lowest BCUT2D eigenvalue weighted by molar-refractivity contribution is 0.626. The van der Waals surface area contributed by atoms with Crippen molar-refractivity contribution in [3.8, 4) is 0 Å². The summed E-state index contributed by atoms with van der Waals surface area (Å²) >= 11 is 14.0. The van der Waals surface area contributed by atoms with Gasteiger partial charge in [-0.3, -0.25) is 0 Å². The molecule has 94 valence electrons. The fraction of sp³-hybridized carbons (Fsp3) is 0.0769. The molecule has 0 amide bonds. The molecule has 0 spiro atoms. The Balaban J connectivity index is 2.47. The van der Waals surface area contributed by atoms with Gasteiger partial charge in [-0.05, 0) is 41.5 Å². The van der Waals surface area contributed by atoms with Crippen LogP contribution in [0.4, 0.5) is 4.39 Å². The van der Waals surface area contributed by atoms with Crippen molar-refractivity contribution in [3.63, 3.8) is 0 Å². The lowest BCUT2D eigenvalue weighted by atomic mass is 10.1. The van der Waals surface area contributed by atoms with E-state index in [1.165, 1.54) is 12.1 Å². The third kappa shape index (κ3) is 3.24. The average Bonchev–Trinajstić information content (AvgIpc) is 2.31. The van der Waals surface area contributed by atoms with Crippen LogP contribution in [0.5, 0.6) is 0 Å². The van der Waals surface area contributed by atoms with Crippen LogP contribution in [0.2, 0.25) is 0 Å². The minimum Gasteiger partial charge on any atom is -0.207 e. The molecule has 18 heavy (non-hydrogen) atoms. The zero-order chi connectivity index (χ0) is 13.3. The highest BCUT2D eigenvalue weighted by molar-refractivity contribution is 9.11. The van der Waals surface area contributed by atoms with Crippen molar-refractivity contribution >= 4 is 63.7 Å². The first-order valence-electron chi connectivity index (χ1n) is 5.03. The molecule has 0 aliphatic carbocycles. The van der Waals surface area contributed by atoms with E-state index in [9.17, 15) is 4.39 Å².